The fourth-order valence-electron chi connectivity index (χ4n) is 3.13. The first-order valence-electron chi connectivity index (χ1n) is 10.2. The summed E-state index contributed by atoms with van der Waals surface area (Å²) >= 11 is 0. The zero-order chi connectivity index (χ0) is 22.7. The lowest BCUT2D eigenvalue weighted by atomic mass is 9.90. The van der Waals surface area contributed by atoms with E-state index < -0.39 is 22.0 Å². The van der Waals surface area contributed by atoms with Crippen molar-refractivity contribution < 1.29 is 27.9 Å². The minimum atomic E-state index is -3.52. The molecule has 0 saturated carbocycles. The van der Waals surface area contributed by atoms with E-state index in [0.717, 1.165) is 6.26 Å². The van der Waals surface area contributed by atoms with Gasteiger partial charge in [-0.3, -0.25) is 14.3 Å². The molecule has 0 aromatic heterocycles. The van der Waals surface area contributed by atoms with Crippen molar-refractivity contribution in [1.29, 1.82) is 0 Å². The Hall–Kier alpha value is -2.71. The van der Waals surface area contributed by atoms with Gasteiger partial charge in [-0.1, -0.05) is 48.6 Å². The van der Waals surface area contributed by atoms with Crippen molar-refractivity contribution in [2.75, 3.05) is 12.9 Å². The zero-order valence-electron chi connectivity index (χ0n) is 17.5. The average molecular weight is 448 g/mol. The predicted octanol–water partition coefficient (Wildman–Crippen LogP) is 2.55. The van der Waals surface area contributed by atoms with Gasteiger partial charge in [0.05, 0.1) is 6.26 Å². The molecule has 3 atom stereocenters. The molecule has 7 nitrogen and oxygen atoms in total. The minimum Gasteiger partial charge on any atom is -0.491 e. The number of unbranched alkanes of at least 4 members (excludes halogenated alkanes) is 1. The maximum absolute atomic E-state index is 12.1. The molecule has 2 N–H and O–H groups in total. The predicted molar refractivity (Wildman–Crippen MR) is 119 cm³/mol. The van der Waals surface area contributed by atoms with Gasteiger partial charge in [0, 0.05) is 18.3 Å². The van der Waals surface area contributed by atoms with Gasteiger partial charge in [-0.25, -0.2) is 8.42 Å². The summed E-state index contributed by atoms with van der Waals surface area (Å²) in [5.74, 6) is -0.108. The van der Waals surface area contributed by atoms with E-state index >= 15 is 0 Å². The Balaban J connectivity index is 1.72. The summed E-state index contributed by atoms with van der Waals surface area (Å²) < 4.78 is 29.4. The molecule has 0 radical (unpaired) electrons. The van der Waals surface area contributed by atoms with Gasteiger partial charge in [0.2, 0.25) is 15.9 Å². The number of rotatable bonds is 12. The van der Waals surface area contributed by atoms with E-state index in [1.807, 2.05) is 59.4 Å². The molecule has 1 aliphatic rings. The third-order valence-electron chi connectivity index (χ3n) is 4.66. The van der Waals surface area contributed by atoms with Crippen LogP contribution in [0.1, 0.15) is 25.7 Å². The molecule has 0 saturated heterocycles. The van der Waals surface area contributed by atoms with Gasteiger partial charge in [0.15, 0.2) is 5.78 Å². The first-order chi connectivity index (χ1) is 14.7. The monoisotopic (exact) mass is 447 g/mol. The molecule has 8 heteroatoms. The second kappa shape index (κ2) is 12.2. The number of benzene rings is 1. The normalized spacial score (nSPS) is 19.9. The highest BCUT2D eigenvalue weighted by molar-refractivity contribution is 7.89. The van der Waals surface area contributed by atoms with Gasteiger partial charge in [-0.2, -0.15) is 0 Å². The van der Waals surface area contributed by atoms with Crippen LogP contribution in [0.25, 0.3) is 0 Å². The second-order valence-corrected chi connectivity index (χ2v) is 9.17. The number of ketones is 1. The molecular weight excluding hydrogens is 418 g/mol. The molecule has 1 aromatic rings. The van der Waals surface area contributed by atoms with Gasteiger partial charge in [0.25, 0.3) is 0 Å². The van der Waals surface area contributed by atoms with E-state index in [0.29, 0.717) is 25.0 Å². The van der Waals surface area contributed by atoms with Crippen molar-refractivity contribution >= 4 is 21.7 Å². The number of ether oxygens (including phenoxy) is 1. The molecule has 0 fully saturated rings. The summed E-state index contributed by atoms with van der Waals surface area (Å²) in [6, 6.07) is 9.23. The fraction of sp³-hybridized carbons (Fsp3) is 0.391. The smallest absolute Gasteiger partial charge is 0.233 e. The second-order valence-electron chi connectivity index (χ2n) is 7.42. The highest BCUT2D eigenvalue weighted by atomic mass is 32.2. The molecule has 0 aliphatic heterocycles. The van der Waals surface area contributed by atoms with Gasteiger partial charge in [-0.15, -0.1) is 0 Å². The van der Waals surface area contributed by atoms with Crippen LogP contribution in [0.4, 0.5) is 0 Å². The van der Waals surface area contributed by atoms with Crippen molar-refractivity contribution in [2.45, 2.75) is 31.8 Å². The Kier molecular flexibility index (Phi) is 9.68. The highest BCUT2D eigenvalue weighted by Gasteiger charge is 2.27. The van der Waals surface area contributed by atoms with Gasteiger partial charge in [0.1, 0.15) is 18.5 Å². The third-order valence-corrected chi connectivity index (χ3v) is 5.26. The van der Waals surface area contributed by atoms with E-state index in [4.69, 9.17) is 4.74 Å². The molecule has 0 heterocycles. The molecule has 2 rings (SSSR count). The number of para-hydroxylation sites is 1. The average Bonchev–Trinajstić information content (AvgIpc) is 3.06. The first-order valence-corrected chi connectivity index (χ1v) is 12.1. The van der Waals surface area contributed by atoms with Crippen LogP contribution in [-0.2, 0) is 19.6 Å². The van der Waals surface area contributed by atoms with Crippen molar-refractivity contribution in [3.8, 4) is 5.75 Å². The number of carbonyl (C=O) groups is 2. The number of nitrogens with one attached hydrogen (secondary N) is 1. The Morgan fingerprint density at radius 2 is 2.00 bits per heavy atom. The van der Waals surface area contributed by atoms with Crippen LogP contribution in [-0.4, -0.2) is 44.2 Å². The number of amides is 1. The van der Waals surface area contributed by atoms with E-state index in [2.05, 4.69) is 0 Å². The fourth-order valence-corrected chi connectivity index (χ4v) is 3.65. The molecule has 168 valence electrons. The number of hydrogen-bond acceptors (Lipinski definition) is 6. The summed E-state index contributed by atoms with van der Waals surface area (Å²) in [7, 11) is -3.52. The van der Waals surface area contributed by atoms with Crippen LogP contribution in [0.5, 0.6) is 5.75 Å². The van der Waals surface area contributed by atoms with Crippen molar-refractivity contribution in [1.82, 2.24) is 4.72 Å². The lowest BCUT2D eigenvalue weighted by Crippen LogP contribution is -2.28. The van der Waals surface area contributed by atoms with E-state index in [1.54, 1.807) is 12.2 Å². The van der Waals surface area contributed by atoms with Crippen LogP contribution in [0.3, 0.4) is 0 Å². The third kappa shape index (κ3) is 9.76. The van der Waals surface area contributed by atoms with Gasteiger partial charge in [-0.05, 0) is 37.5 Å². The molecule has 1 unspecified atom stereocenters. The van der Waals surface area contributed by atoms with Gasteiger partial charge >= 0.3 is 0 Å². The molecule has 0 spiro atoms. The van der Waals surface area contributed by atoms with Crippen molar-refractivity contribution in [2.24, 2.45) is 11.8 Å². The van der Waals surface area contributed by atoms with Crippen LogP contribution >= 0.6 is 0 Å². The first kappa shape index (κ1) is 24.6. The van der Waals surface area contributed by atoms with E-state index in [1.165, 1.54) is 0 Å². The quantitative estimate of drug-likeness (QED) is 0.376. The van der Waals surface area contributed by atoms with Crippen LogP contribution in [0.15, 0.2) is 66.8 Å². The molecule has 1 aromatic carbocycles. The summed E-state index contributed by atoms with van der Waals surface area (Å²) in [4.78, 5) is 23.6. The van der Waals surface area contributed by atoms with Crippen molar-refractivity contribution in [3.05, 3.63) is 66.8 Å². The molecule has 0 bridgehead atoms. The highest BCUT2D eigenvalue weighted by Crippen LogP contribution is 2.27. The van der Waals surface area contributed by atoms with Crippen LogP contribution in [0, 0.1) is 11.8 Å². The number of aliphatic hydroxyl groups is 1. The standard InChI is InChI=1S/C23H29NO6S/c1-31(28,29)24-23(27)12-8-3-2-7-11-21-18(14-16-22(21)26)13-15-19(25)17-30-20-9-5-4-6-10-20/h2,4-7,9-10,13-16,18-19,21,25H,3,8,11-12,17H2,1H3,(H,24,27)/b7-2-,15-13+/t18?,19-,21-/m1/s1. The maximum Gasteiger partial charge on any atom is 0.233 e. The van der Waals surface area contributed by atoms with E-state index in [9.17, 15) is 23.1 Å². The molecule has 1 amide bonds. The summed E-state index contributed by atoms with van der Waals surface area (Å²) in [5, 5.41) is 10.1. The SMILES string of the molecule is CS(=O)(=O)NC(=O)CCC/C=C\C[C@H]1C(=O)C=CC1/C=C/[C@@H](O)COc1ccccc1. The molecular formula is C23H29NO6S. The lowest BCUT2D eigenvalue weighted by molar-refractivity contribution is -0.119. The maximum atomic E-state index is 12.1. The lowest BCUT2D eigenvalue weighted by Gasteiger charge is -2.14. The zero-order valence-corrected chi connectivity index (χ0v) is 18.3. The minimum absolute atomic E-state index is 0.0434. The Morgan fingerprint density at radius 1 is 1.26 bits per heavy atom. The largest absolute Gasteiger partial charge is 0.491 e. The summed E-state index contributed by atoms with van der Waals surface area (Å²) in [6.07, 6.45) is 12.6. The van der Waals surface area contributed by atoms with Gasteiger partial charge < -0.3 is 9.84 Å². The Labute approximate surface area is 183 Å². The topological polar surface area (TPSA) is 110 Å². The van der Waals surface area contributed by atoms with Crippen molar-refractivity contribution in [3.63, 3.8) is 0 Å². The number of hydrogen-bond donors (Lipinski definition) is 2. The number of aliphatic hydroxyl groups excluding tert-OH is 1. The summed E-state index contributed by atoms with van der Waals surface area (Å²) in [6.45, 7) is 0.127. The molecule has 31 heavy (non-hydrogen) atoms. The van der Waals surface area contributed by atoms with Crippen LogP contribution in [0.2, 0.25) is 0 Å². The number of allylic oxidation sites excluding steroid dienone is 5. The van der Waals surface area contributed by atoms with E-state index in [-0.39, 0.29) is 30.6 Å². The number of carbonyl (C=O) groups excluding carboxylic acids is 2. The molecule has 1 aliphatic carbocycles. The number of sulfonamides is 1. The Morgan fingerprint density at radius 3 is 2.71 bits per heavy atom. The van der Waals surface area contributed by atoms with Crippen LogP contribution < -0.4 is 9.46 Å². The summed E-state index contributed by atoms with van der Waals surface area (Å²) in [5.41, 5.74) is 0. The Bertz CT molecular complexity index is 921.